The summed E-state index contributed by atoms with van der Waals surface area (Å²) >= 11 is 8.80. The first-order valence-corrected chi connectivity index (χ1v) is 7.37. The van der Waals surface area contributed by atoms with E-state index in [1.54, 1.807) is 0 Å². The van der Waals surface area contributed by atoms with Crippen molar-refractivity contribution in [1.82, 2.24) is 4.90 Å². The number of carbonyl (C=O) groups is 1. The van der Waals surface area contributed by atoms with Crippen molar-refractivity contribution in [3.05, 3.63) is 33.0 Å². The Labute approximate surface area is 132 Å². The van der Waals surface area contributed by atoms with Gasteiger partial charge in [-0.25, -0.2) is 4.39 Å². The van der Waals surface area contributed by atoms with Gasteiger partial charge in [0, 0.05) is 17.6 Å². The van der Waals surface area contributed by atoms with E-state index in [0.29, 0.717) is 4.47 Å². The van der Waals surface area contributed by atoms with Gasteiger partial charge in [-0.2, -0.15) is 13.2 Å². The van der Waals surface area contributed by atoms with Crippen LogP contribution < -0.4 is 0 Å². The summed E-state index contributed by atoms with van der Waals surface area (Å²) in [5.74, 6) is -2.81. The number of hydrogen-bond acceptors (Lipinski definition) is 1. The molecule has 1 saturated heterocycles. The number of hydrogen-bond donors (Lipinski definition) is 0. The summed E-state index contributed by atoms with van der Waals surface area (Å²) in [6.07, 6.45) is -4.57. The molecule has 0 radical (unpaired) electrons. The SMILES string of the molecule is O=C(c1cc(Br)c(Cl)cc1F)N1CCC(C(F)(F)F)CC1. The number of halogens is 6. The van der Waals surface area contributed by atoms with Gasteiger partial charge in [0.25, 0.3) is 5.91 Å². The highest BCUT2D eigenvalue weighted by Crippen LogP contribution is 2.35. The molecule has 1 aliphatic heterocycles. The van der Waals surface area contributed by atoms with Gasteiger partial charge in [-0.15, -0.1) is 0 Å². The van der Waals surface area contributed by atoms with Crippen molar-refractivity contribution in [3.8, 4) is 0 Å². The van der Waals surface area contributed by atoms with Gasteiger partial charge in [0.1, 0.15) is 5.82 Å². The smallest absolute Gasteiger partial charge is 0.339 e. The summed E-state index contributed by atoms with van der Waals surface area (Å²) in [5.41, 5.74) is -0.197. The molecule has 0 spiro atoms. The van der Waals surface area contributed by atoms with E-state index in [4.69, 9.17) is 11.6 Å². The molecule has 2 nitrogen and oxygen atoms in total. The molecule has 8 heteroatoms. The van der Waals surface area contributed by atoms with Gasteiger partial charge in [0.2, 0.25) is 0 Å². The maximum absolute atomic E-state index is 13.8. The Morgan fingerprint density at radius 1 is 1.29 bits per heavy atom. The number of carbonyl (C=O) groups excluding carboxylic acids is 1. The zero-order valence-electron chi connectivity index (χ0n) is 10.7. The summed E-state index contributed by atoms with van der Waals surface area (Å²) in [7, 11) is 0. The van der Waals surface area contributed by atoms with E-state index < -0.39 is 23.8 Å². The highest BCUT2D eigenvalue weighted by Gasteiger charge is 2.41. The molecule has 1 aromatic rings. The number of rotatable bonds is 1. The van der Waals surface area contributed by atoms with Crippen molar-refractivity contribution in [2.24, 2.45) is 5.92 Å². The quantitative estimate of drug-likeness (QED) is 0.506. The van der Waals surface area contributed by atoms with Crippen LogP contribution in [0.15, 0.2) is 16.6 Å². The Kier molecular flexibility index (Phi) is 4.82. The van der Waals surface area contributed by atoms with Gasteiger partial charge >= 0.3 is 6.18 Å². The molecule has 1 heterocycles. The Hall–Kier alpha value is -0.820. The molecule has 0 unspecified atom stereocenters. The van der Waals surface area contributed by atoms with Gasteiger partial charge in [-0.3, -0.25) is 4.79 Å². The molecular formula is C13H11BrClF4NO. The molecule has 1 amide bonds. The molecule has 0 bridgehead atoms. The summed E-state index contributed by atoms with van der Waals surface area (Å²) in [6.45, 7) is -0.0780. The molecule has 0 N–H and O–H groups in total. The zero-order valence-corrected chi connectivity index (χ0v) is 13.0. The summed E-state index contributed by atoms with van der Waals surface area (Å²) in [4.78, 5) is 13.4. The lowest BCUT2D eigenvalue weighted by Crippen LogP contribution is -2.42. The molecule has 1 fully saturated rings. The standard InChI is InChI=1S/C13H11BrClF4NO/c14-9-5-8(11(16)6-10(9)15)12(21)20-3-1-7(2-4-20)13(17,18)19/h5-7H,1-4H2. The summed E-state index contributed by atoms with van der Waals surface area (Å²) in [6, 6.07) is 2.25. The Morgan fingerprint density at radius 3 is 2.38 bits per heavy atom. The van der Waals surface area contributed by atoms with Crippen LogP contribution in [0.5, 0.6) is 0 Å². The van der Waals surface area contributed by atoms with E-state index in [9.17, 15) is 22.4 Å². The van der Waals surface area contributed by atoms with E-state index >= 15 is 0 Å². The second kappa shape index (κ2) is 6.12. The van der Waals surface area contributed by atoms with Crippen molar-refractivity contribution >= 4 is 33.4 Å². The minimum Gasteiger partial charge on any atom is -0.339 e. The lowest BCUT2D eigenvalue weighted by atomic mass is 9.96. The molecule has 2 rings (SSSR count). The zero-order chi connectivity index (χ0) is 15.8. The van der Waals surface area contributed by atoms with Crippen molar-refractivity contribution in [2.45, 2.75) is 19.0 Å². The largest absolute Gasteiger partial charge is 0.391 e. The van der Waals surface area contributed by atoms with Crippen LogP contribution in [0.25, 0.3) is 0 Å². The average molecular weight is 389 g/mol. The third kappa shape index (κ3) is 3.69. The van der Waals surface area contributed by atoms with Gasteiger partial charge < -0.3 is 4.90 Å². The Morgan fingerprint density at radius 2 is 1.86 bits per heavy atom. The number of amides is 1. The van der Waals surface area contributed by atoms with E-state index in [-0.39, 0.29) is 36.5 Å². The molecule has 1 aliphatic rings. The van der Waals surface area contributed by atoms with Crippen LogP contribution >= 0.6 is 27.5 Å². The maximum atomic E-state index is 13.8. The van der Waals surface area contributed by atoms with E-state index in [1.165, 1.54) is 11.0 Å². The van der Waals surface area contributed by atoms with Crippen LogP contribution in [0.3, 0.4) is 0 Å². The van der Waals surface area contributed by atoms with Crippen molar-refractivity contribution in [1.29, 1.82) is 0 Å². The molecule has 1 aromatic carbocycles. The van der Waals surface area contributed by atoms with Crippen molar-refractivity contribution < 1.29 is 22.4 Å². The molecular weight excluding hydrogens is 377 g/mol. The fraction of sp³-hybridized carbons (Fsp3) is 0.462. The van der Waals surface area contributed by atoms with E-state index in [2.05, 4.69) is 15.9 Å². The maximum Gasteiger partial charge on any atom is 0.391 e. The fourth-order valence-corrected chi connectivity index (χ4v) is 2.76. The number of likely N-dealkylation sites (tertiary alicyclic amines) is 1. The monoisotopic (exact) mass is 387 g/mol. The number of nitrogens with zero attached hydrogens (tertiary/aromatic N) is 1. The third-order valence-corrected chi connectivity index (χ3v) is 4.68. The summed E-state index contributed by atoms with van der Waals surface area (Å²) < 4.78 is 51.8. The Bertz CT molecular complexity index is 556. The topological polar surface area (TPSA) is 20.3 Å². The first-order valence-electron chi connectivity index (χ1n) is 6.20. The van der Waals surface area contributed by atoms with Crippen LogP contribution in [-0.4, -0.2) is 30.1 Å². The van der Waals surface area contributed by atoms with Gasteiger partial charge in [-0.05, 0) is 40.9 Å². The molecule has 0 aromatic heterocycles. The van der Waals surface area contributed by atoms with Crippen LogP contribution in [0, 0.1) is 11.7 Å². The van der Waals surface area contributed by atoms with Gasteiger partial charge in [0.15, 0.2) is 0 Å². The van der Waals surface area contributed by atoms with E-state index in [1.807, 2.05) is 0 Å². The third-order valence-electron chi connectivity index (χ3n) is 3.49. The fourth-order valence-electron chi connectivity index (χ4n) is 2.27. The van der Waals surface area contributed by atoms with Crippen LogP contribution in [0.1, 0.15) is 23.2 Å². The lowest BCUT2D eigenvalue weighted by Gasteiger charge is -2.33. The Balaban J connectivity index is 2.11. The van der Waals surface area contributed by atoms with Crippen molar-refractivity contribution in [2.75, 3.05) is 13.1 Å². The molecule has 0 atom stereocenters. The minimum absolute atomic E-state index is 0.0390. The predicted molar refractivity (Wildman–Crippen MR) is 73.8 cm³/mol. The molecule has 21 heavy (non-hydrogen) atoms. The van der Waals surface area contributed by atoms with Crippen molar-refractivity contribution in [3.63, 3.8) is 0 Å². The number of alkyl halides is 3. The van der Waals surface area contributed by atoms with Crippen LogP contribution in [0.2, 0.25) is 5.02 Å². The van der Waals surface area contributed by atoms with Gasteiger partial charge in [-0.1, -0.05) is 11.6 Å². The van der Waals surface area contributed by atoms with Crippen LogP contribution in [-0.2, 0) is 0 Å². The summed E-state index contributed by atoms with van der Waals surface area (Å²) in [5, 5.41) is 0.125. The predicted octanol–water partition coefficient (Wildman–Crippen LogP) is 4.66. The molecule has 0 saturated carbocycles. The highest BCUT2D eigenvalue weighted by molar-refractivity contribution is 9.10. The second-order valence-corrected chi connectivity index (χ2v) is 6.12. The molecule has 116 valence electrons. The minimum atomic E-state index is -4.25. The first-order chi connectivity index (χ1) is 9.70. The van der Waals surface area contributed by atoms with E-state index in [0.717, 1.165) is 6.07 Å². The van der Waals surface area contributed by atoms with Gasteiger partial charge in [0.05, 0.1) is 16.5 Å². The lowest BCUT2D eigenvalue weighted by molar-refractivity contribution is -0.183. The average Bonchev–Trinajstić information content (AvgIpc) is 2.41. The second-order valence-electron chi connectivity index (χ2n) is 4.85. The number of piperidine rings is 1. The molecule has 0 aliphatic carbocycles. The number of benzene rings is 1. The normalized spacial score (nSPS) is 17.1. The highest BCUT2D eigenvalue weighted by atomic mass is 79.9. The van der Waals surface area contributed by atoms with Crippen LogP contribution in [0.4, 0.5) is 17.6 Å². The first kappa shape index (κ1) is 16.5.